The van der Waals surface area contributed by atoms with Crippen LogP contribution in [-0.2, 0) is 5.41 Å². The van der Waals surface area contributed by atoms with Crippen molar-refractivity contribution in [1.82, 2.24) is 25.1 Å². The minimum Gasteiger partial charge on any atom is -0.329 e. The van der Waals surface area contributed by atoms with E-state index in [1.807, 2.05) is 24.0 Å². The first-order valence-corrected chi connectivity index (χ1v) is 8.02. The maximum absolute atomic E-state index is 12.9. The summed E-state index contributed by atoms with van der Waals surface area (Å²) in [5.74, 6) is 0.701. The smallest absolute Gasteiger partial charge is 0.274 e. The third-order valence-corrected chi connectivity index (χ3v) is 4.26. The van der Waals surface area contributed by atoms with E-state index in [1.165, 1.54) is 0 Å². The molecule has 1 aliphatic heterocycles. The van der Waals surface area contributed by atoms with Crippen LogP contribution in [-0.4, -0.2) is 37.5 Å². The lowest BCUT2D eigenvalue weighted by molar-refractivity contribution is 0.0726. The second-order valence-electron chi connectivity index (χ2n) is 7.10. The number of aromatic nitrogens is 4. The average Bonchev–Trinajstić information content (AvgIpc) is 3.15. The zero-order valence-corrected chi connectivity index (χ0v) is 14.1. The maximum Gasteiger partial charge on any atom is 0.274 e. The van der Waals surface area contributed by atoms with Crippen LogP contribution in [0.3, 0.4) is 0 Å². The standard InChI is InChI=1S/C17H23N5O/c1-11-18-8-7-12(19-11)14-6-5-9-22(14)16(23)13-10-15(21-20-13)17(2,3)4/h7-8,10,14H,5-6,9H2,1-4H3,(H,20,21)/t14-/m1/s1. The molecule has 2 aromatic heterocycles. The number of carbonyl (C=O) groups excluding carboxylic acids is 1. The van der Waals surface area contributed by atoms with E-state index in [2.05, 4.69) is 40.9 Å². The van der Waals surface area contributed by atoms with Gasteiger partial charge in [-0.1, -0.05) is 20.8 Å². The monoisotopic (exact) mass is 313 g/mol. The maximum atomic E-state index is 12.9. The minimum atomic E-state index is -0.0558. The van der Waals surface area contributed by atoms with E-state index in [9.17, 15) is 4.79 Å². The van der Waals surface area contributed by atoms with Crippen molar-refractivity contribution in [1.29, 1.82) is 0 Å². The average molecular weight is 313 g/mol. The van der Waals surface area contributed by atoms with Crippen LogP contribution >= 0.6 is 0 Å². The fraction of sp³-hybridized carbons (Fsp3) is 0.529. The van der Waals surface area contributed by atoms with Gasteiger partial charge in [0.1, 0.15) is 11.5 Å². The molecular formula is C17H23N5O. The van der Waals surface area contributed by atoms with Crippen LogP contribution in [0.5, 0.6) is 0 Å². The molecule has 1 saturated heterocycles. The van der Waals surface area contributed by atoms with Gasteiger partial charge in [0.2, 0.25) is 0 Å². The Morgan fingerprint density at radius 1 is 1.39 bits per heavy atom. The fourth-order valence-electron chi connectivity index (χ4n) is 2.94. The quantitative estimate of drug-likeness (QED) is 0.925. The van der Waals surface area contributed by atoms with Gasteiger partial charge in [0.15, 0.2) is 0 Å². The Kier molecular flexibility index (Phi) is 3.92. The number of aryl methyl sites for hydroxylation is 1. The van der Waals surface area contributed by atoms with Crippen molar-refractivity contribution in [3.8, 4) is 0 Å². The number of aromatic amines is 1. The molecule has 3 rings (SSSR count). The minimum absolute atomic E-state index is 0.0130. The van der Waals surface area contributed by atoms with Crippen LogP contribution < -0.4 is 0 Å². The summed E-state index contributed by atoms with van der Waals surface area (Å²) in [4.78, 5) is 23.4. The van der Waals surface area contributed by atoms with Crippen molar-refractivity contribution in [3.63, 3.8) is 0 Å². The van der Waals surface area contributed by atoms with Crippen molar-refractivity contribution >= 4 is 5.91 Å². The van der Waals surface area contributed by atoms with Crippen LogP contribution in [0.2, 0.25) is 0 Å². The molecule has 1 N–H and O–H groups in total. The number of amides is 1. The van der Waals surface area contributed by atoms with Crippen LogP contribution in [0, 0.1) is 6.92 Å². The molecule has 3 heterocycles. The molecule has 6 heteroatoms. The van der Waals surface area contributed by atoms with Gasteiger partial charge in [-0.05, 0) is 31.9 Å². The summed E-state index contributed by atoms with van der Waals surface area (Å²) in [6, 6.07) is 3.77. The van der Waals surface area contributed by atoms with Crippen molar-refractivity contribution in [2.24, 2.45) is 0 Å². The molecular weight excluding hydrogens is 290 g/mol. The fourth-order valence-corrected chi connectivity index (χ4v) is 2.94. The predicted molar refractivity (Wildman–Crippen MR) is 87.1 cm³/mol. The molecule has 1 aliphatic rings. The molecule has 0 aliphatic carbocycles. The van der Waals surface area contributed by atoms with E-state index in [1.54, 1.807) is 6.20 Å². The Bertz CT molecular complexity index is 716. The third kappa shape index (κ3) is 3.11. The molecule has 0 aromatic carbocycles. The molecule has 6 nitrogen and oxygen atoms in total. The molecule has 0 saturated carbocycles. The Hall–Kier alpha value is -2.24. The van der Waals surface area contributed by atoms with Crippen LogP contribution in [0.1, 0.15) is 67.4 Å². The topological polar surface area (TPSA) is 74.8 Å². The van der Waals surface area contributed by atoms with Gasteiger partial charge in [-0.15, -0.1) is 0 Å². The molecule has 23 heavy (non-hydrogen) atoms. The lowest BCUT2D eigenvalue weighted by Gasteiger charge is -2.23. The summed E-state index contributed by atoms with van der Waals surface area (Å²) in [5.41, 5.74) is 2.30. The molecule has 1 atom stereocenters. The van der Waals surface area contributed by atoms with E-state index < -0.39 is 0 Å². The van der Waals surface area contributed by atoms with Gasteiger partial charge in [-0.3, -0.25) is 9.89 Å². The molecule has 0 unspecified atom stereocenters. The molecule has 1 fully saturated rings. The molecule has 2 aromatic rings. The van der Waals surface area contributed by atoms with Crippen molar-refractivity contribution in [3.05, 3.63) is 41.2 Å². The largest absolute Gasteiger partial charge is 0.329 e. The Balaban J connectivity index is 1.85. The number of rotatable bonds is 2. The van der Waals surface area contributed by atoms with E-state index in [0.717, 1.165) is 36.6 Å². The first kappa shape index (κ1) is 15.6. The summed E-state index contributed by atoms with van der Waals surface area (Å²) in [7, 11) is 0. The summed E-state index contributed by atoms with van der Waals surface area (Å²) in [6.07, 6.45) is 3.67. The summed E-state index contributed by atoms with van der Waals surface area (Å²) in [6.45, 7) is 8.89. The highest BCUT2D eigenvalue weighted by Crippen LogP contribution is 2.32. The number of nitrogens with zero attached hydrogens (tertiary/aromatic N) is 4. The van der Waals surface area contributed by atoms with Crippen molar-refractivity contribution in [2.45, 2.75) is 52.0 Å². The number of H-pyrrole nitrogens is 1. The van der Waals surface area contributed by atoms with Gasteiger partial charge >= 0.3 is 0 Å². The van der Waals surface area contributed by atoms with Crippen LogP contribution in [0.25, 0.3) is 0 Å². The van der Waals surface area contributed by atoms with Gasteiger partial charge in [-0.2, -0.15) is 5.10 Å². The summed E-state index contributed by atoms with van der Waals surface area (Å²) >= 11 is 0. The van der Waals surface area contributed by atoms with Gasteiger partial charge in [0.05, 0.1) is 11.7 Å². The second kappa shape index (κ2) is 5.76. The molecule has 0 bridgehead atoms. The van der Waals surface area contributed by atoms with E-state index in [0.29, 0.717) is 5.69 Å². The molecule has 0 spiro atoms. The predicted octanol–water partition coefficient (Wildman–Crippen LogP) is 2.78. The number of carbonyl (C=O) groups is 1. The van der Waals surface area contributed by atoms with Crippen molar-refractivity contribution < 1.29 is 4.79 Å². The highest BCUT2D eigenvalue weighted by atomic mass is 16.2. The number of hydrogen-bond donors (Lipinski definition) is 1. The first-order valence-electron chi connectivity index (χ1n) is 8.02. The van der Waals surface area contributed by atoms with Gasteiger partial charge < -0.3 is 4.90 Å². The Morgan fingerprint density at radius 3 is 2.83 bits per heavy atom. The third-order valence-electron chi connectivity index (χ3n) is 4.26. The van der Waals surface area contributed by atoms with E-state index in [-0.39, 0.29) is 17.4 Å². The summed E-state index contributed by atoms with van der Waals surface area (Å²) < 4.78 is 0. The van der Waals surface area contributed by atoms with Crippen LogP contribution in [0.4, 0.5) is 0 Å². The normalized spacial score (nSPS) is 18.4. The zero-order valence-electron chi connectivity index (χ0n) is 14.1. The highest BCUT2D eigenvalue weighted by molar-refractivity contribution is 5.92. The van der Waals surface area contributed by atoms with E-state index in [4.69, 9.17) is 0 Å². The SMILES string of the molecule is Cc1nccc([C@H]2CCCN2C(=O)c2cc(C(C)(C)C)[nH]n2)n1. The Morgan fingerprint density at radius 2 is 2.17 bits per heavy atom. The van der Waals surface area contributed by atoms with Gasteiger partial charge in [0, 0.05) is 23.9 Å². The zero-order chi connectivity index (χ0) is 16.6. The van der Waals surface area contributed by atoms with E-state index >= 15 is 0 Å². The highest BCUT2D eigenvalue weighted by Gasteiger charge is 2.33. The molecule has 122 valence electrons. The molecule has 0 radical (unpaired) electrons. The van der Waals surface area contributed by atoms with Gasteiger partial charge in [-0.25, -0.2) is 9.97 Å². The number of likely N-dealkylation sites (tertiary alicyclic amines) is 1. The van der Waals surface area contributed by atoms with Crippen LogP contribution in [0.15, 0.2) is 18.3 Å². The lowest BCUT2D eigenvalue weighted by atomic mass is 9.92. The number of nitrogens with one attached hydrogen (secondary N) is 1. The second-order valence-corrected chi connectivity index (χ2v) is 7.10. The van der Waals surface area contributed by atoms with Crippen molar-refractivity contribution in [2.75, 3.05) is 6.54 Å². The Labute approximate surface area is 136 Å². The number of hydrogen-bond acceptors (Lipinski definition) is 4. The van der Waals surface area contributed by atoms with Gasteiger partial charge in [0.25, 0.3) is 5.91 Å². The summed E-state index contributed by atoms with van der Waals surface area (Å²) in [5, 5.41) is 7.21. The first-order chi connectivity index (χ1) is 10.9. The molecule has 1 amide bonds. The lowest BCUT2D eigenvalue weighted by Crippen LogP contribution is -2.31.